The topological polar surface area (TPSA) is 69.6 Å². The van der Waals surface area contributed by atoms with Crippen molar-refractivity contribution in [1.29, 1.82) is 0 Å². The van der Waals surface area contributed by atoms with Crippen LogP contribution in [0.4, 0.5) is 5.69 Å². The van der Waals surface area contributed by atoms with Crippen LogP contribution in [0.25, 0.3) is 0 Å². The molecule has 3 N–H and O–H groups in total. The van der Waals surface area contributed by atoms with Gasteiger partial charge in [0.1, 0.15) is 0 Å². The Hall–Kier alpha value is -2.01. The Labute approximate surface area is 118 Å². The van der Waals surface area contributed by atoms with Gasteiger partial charge < -0.3 is 15.5 Å². The molecule has 2 aromatic carbocycles. The zero-order valence-corrected chi connectivity index (χ0v) is 11.7. The Morgan fingerprint density at radius 1 is 1.11 bits per heavy atom. The van der Waals surface area contributed by atoms with Crippen LogP contribution < -0.4 is 5.32 Å². The summed E-state index contributed by atoms with van der Waals surface area (Å²) in [5.41, 5.74) is 1.99. The van der Waals surface area contributed by atoms with E-state index in [9.17, 15) is 15.0 Å². The van der Waals surface area contributed by atoms with E-state index in [1.165, 1.54) is 18.2 Å². The fraction of sp³-hybridized carbons (Fsp3) is 0.0714. The molecule has 0 bridgehead atoms. The second kappa shape index (κ2) is 5.32. The van der Waals surface area contributed by atoms with Crippen molar-refractivity contribution in [2.75, 3.05) is 5.32 Å². The van der Waals surface area contributed by atoms with Crippen molar-refractivity contribution in [2.45, 2.75) is 6.92 Å². The van der Waals surface area contributed by atoms with E-state index in [1.807, 2.05) is 13.0 Å². The Balaban J connectivity index is 2.20. The van der Waals surface area contributed by atoms with Crippen LogP contribution in [0.3, 0.4) is 0 Å². The summed E-state index contributed by atoms with van der Waals surface area (Å²) in [5, 5.41) is 21.3. The van der Waals surface area contributed by atoms with Gasteiger partial charge in [-0.05, 0) is 42.8 Å². The Morgan fingerprint density at radius 3 is 2.47 bits per heavy atom. The first-order valence-electron chi connectivity index (χ1n) is 5.57. The molecule has 0 aromatic heterocycles. The van der Waals surface area contributed by atoms with Gasteiger partial charge in [0, 0.05) is 15.7 Å². The largest absolute Gasteiger partial charge is 0.504 e. The number of aryl methyl sites for hydroxylation is 1. The summed E-state index contributed by atoms with van der Waals surface area (Å²) in [6.07, 6.45) is 0. The van der Waals surface area contributed by atoms with Gasteiger partial charge in [-0.3, -0.25) is 4.79 Å². The number of halogens is 1. The lowest BCUT2D eigenvalue weighted by Gasteiger charge is -2.07. The molecule has 4 nitrogen and oxygen atoms in total. The van der Waals surface area contributed by atoms with E-state index in [4.69, 9.17) is 0 Å². The molecule has 5 heteroatoms. The maximum atomic E-state index is 12.0. The molecule has 0 aliphatic heterocycles. The van der Waals surface area contributed by atoms with E-state index in [2.05, 4.69) is 21.2 Å². The van der Waals surface area contributed by atoms with E-state index in [0.717, 1.165) is 10.0 Å². The summed E-state index contributed by atoms with van der Waals surface area (Å²) in [6.45, 7) is 1.95. The van der Waals surface area contributed by atoms with Gasteiger partial charge >= 0.3 is 0 Å². The maximum Gasteiger partial charge on any atom is 0.255 e. The highest BCUT2D eigenvalue weighted by atomic mass is 79.9. The van der Waals surface area contributed by atoms with E-state index >= 15 is 0 Å². The van der Waals surface area contributed by atoms with Gasteiger partial charge in [-0.25, -0.2) is 0 Å². The maximum absolute atomic E-state index is 12.0. The standard InChI is InChI=1S/C14H12BrNO3/c1-8-2-4-10(7-11(8)15)16-14(19)9-3-5-12(17)13(18)6-9/h2-7,17-18H,1H3,(H,16,19). The van der Waals surface area contributed by atoms with Crippen LogP contribution in [0.1, 0.15) is 15.9 Å². The highest BCUT2D eigenvalue weighted by Gasteiger charge is 2.09. The summed E-state index contributed by atoms with van der Waals surface area (Å²) < 4.78 is 0.902. The lowest BCUT2D eigenvalue weighted by atomic mass is 10.1. The molecule has 0 spiro atoms. The Bertz CT molecular complexity index is 641. The fourth-order valence-corrected chi connectivity index (χ4v) is 1.92. The second-order valence-electron chi connectivity index (χ2n) is 4.12. The summed E-state index contributed by atoms with van der Waals surface area (Å²) >= 11 is 3.39. The number of rotatable bonds is 2. The summed E-state index contributed by atoms with van der Waals surface area (Å²) in [4.78, 5) is 12.0. The van der Waals surface area contributed by atoms with Crippen molar-refractivity contribution in [1.82, 2.24) is 0 Å². The molecule has 0 aliphatic carbocycles. The minimum Gasteiger partial charge on any atom is -0.504 e. The van der Waals surface area contributed by atoms with Crippen molar-refractivity contribution in [2.24, 2.45) is 0 Å². The van der Waals surface area contributed by atoms with Crippen LogP contribution >= 0.6 is 15.9 Å². The predicted octanol–water partition coefficient (Wildman–Crippen LogP) is 3.42. The summed E-state index contributed by atoms with van der Waals surface area (Å²) in [6, 6.07) is 9.40. The number of aromatic hydroxyl groups is 2. The van der Waals surface area contributed by atoms with E-state index in [1.54, 1.807) is 12.1 Å². The molecule has 19 heavy (non-hydrogen) atoms. The molecule has 2 rings (SSSR count). The number of carbonyl (C=O) groups excluding carboxylic acids is 1. The SMILES string of the molecule is Cc1ccc(NC(=O)c2ccc(O)c(O)c2)cc1Br. The third kappa shape index (κ3) is 3.06. The highest BCUT2D eigenvalue weighted by molar-refractivity contribution is 9.10. The monoisotopic (exact) mass is 321 g/mol. The van der Waals surface area contributed by atoms with Gasteiger partial charge in [0.05, 0.1) is 0 Å². The predicted molar refractivity (Wildman–Crippen MR) is 76.6 cm³/mol. The number of carbonyl (C=O) groups is 1. The zero-order valence-electron chi connectivity index (χ0n) is 10.1. The molecule has 0 unspecified atom stereocenters. The molecular formula is C14H12BrNO3. The van der Waals surface area contributed by atoms with Gasteiger partial charge in [-0.2, -0.15) is 0 Å². The van der Waals surface area contributed by atoms with E-state index in [0.29, 0.717) is 5.69 Å². The molecule has 98 valence electrons. The van der Waals surface area contributed by atoms with Crippen molar-refractivity contribution in [3.8, 4) is 11.5 Å². The quantitative estimate of drug-likeness (QED) is 0.742. The first kappa shape index (κ1) is 13.4. The number of phenols is 2. The Kier molecular flexibility index (Phi) is 3.76. The van der Waals surface area contributed by atoms with Crippen molar-refractivity contribution >= 4 is 27.5 Å². The zero-order chi connectivity index (χ0) is 14.0. The minimum atomic E-state index is -0.356. The number of phenolic OH excluding ortho intramolecular Hbond substituents is 2. The van der Waals surface area contributed by atoms with E-state index < -0.39 is 0 Å². The van der Waals surface area contributed by atoms with Gasteiger partial charge in [0.2, 0.25) is 0 Å². The number of anilines is 1. The number of hydrogen-bond donors (Lipinski definition) is 3. The number of nitrogens with one attached hydrogen (secondary N) is 1. The van der Waals surface area contributed by atoms with Crippen molar-refractivity contribution < 1.29 is 15.0 Å². The third-order valence-electron chi connectivity index (χ3n) is 2.67. The first-order chi connectivity index (χ1) is 8.97. The number of benzene rings is 2. The lowest BCUT2D eigenvalue weighted by molar-refractivity contribution is 0.102. The average molecular weight is 322 g/mol. The molecule has 1 amide bonds. The molecule has 0 fully saturated rings. The van der Waals surface area contributed by atoms with Gasteiger partial charge in [-0.1, -0.05) is 22.0 Å². The number of amides is 1. The van der Waals surface area contributed by atoms with Crippen LogP contribution in [0.15, 0.2) is 40.9 Å². The van der Waals surface area contributed by atoms with Crippen molar-refractivity contribution in [3.05, 3.63) is 52.0 Å². The van der Waals surface area contributed by atoms with Crippen LogP contribution in [0.2, 0.25) is 0 Å². The average Bonchev–Trinajstić information content (AvgIpc) is 2.37. The first-order valence-corrected chi connectivity index (χ1v) is 6.36. The van der Waals surface area contributed by atoms with E-state index in [-0.39, 0.29) is 23.0 Å². The van der Waals surface area contributed by atoms with Crippen LogP contribution in [0.5, 0.6) is 11.5 Å². The van der Waals surface area contributed by atoms with Gasteiger partial charge in [-0.15, -0.1) is 0 Å². The van der Waals surface area contributed by atoms with Crippen LogP contribution in [-0.4, -0.2) is 16.1 Å². The minimum absolute atomic E-state index is 0.255. The molecule has 0 saturated carbocycles. The fourth-order valence-electron chi connectivity index (χ4n) is 1.54. The summed E-state index contributed by atoms with van der Waals surface area (Å²) in [7, 11) is 0. The van der Waals surface area contributed by atoms with Crippen LogP contribution in [-0.2, 0) is 0 Å². The Morgan fingerprint density at radius 2 is 1.84 bits per heavy atom. The normalized spacial score (nSPS) is 10.2. The molecule has 0 aliphatic rings. The molecule has 2 aromatic rings. The lowest BCUT2D eigenvalue weighted by Crippen LogP contribution is -2.11. The second-order valence-corrected chi connectivity index (χ2v) is 4.98. The molecule has 0 heterocycles. The summed E-state index contributed by atoms with van der Waals surface area (Å²) in [5.74, 6) is -0.932. The van der Waals surface area contributed by atoms with Crippen molar-refractivity contribution in [3.63, 3.8) is 0 Å². The number of hydrogen-bond acceptors (Lipinski definition) is 3. The molecule has 0 saturated heterocycles. The molecule has 0 radical (unpaired) electrons. The highest BCUT2D eigenvalue weighted by Crippen LogP contribution is 2.26. The molecular weight excluding hydrogens is 310 g/mol. The van der Waals surface area contributed by atoms with Gasteiger partial charge in [0.25, 0.3) is 5.91 Å². The smallest absolute Gasteiger partial charge is 0.255 e. The van der Waals surface area contributed by atoms with Crippen LogP contribution in [0, 0.1) is 6.92 Å². The van der Waals surface area contributed by atoms with Gasteiger partial charge in [0.15, 0.2) is 11.5 Å². The third-order valence-corrected chi connectivity index (χ3v) is 3.52. The molecule has 0 atom stereocenters.